The van der Waals surface area contributed by atoms with Crippen LogP contribution in [0.25, 0.3) is 0 Å². The number of morpholine rings is 1. The van der Waals surface area contributed by atoms with Crippen molar-refractivity contribution in [2.45, 2.75) is 18.9 Å². The third kappa shape index (κ3) is 3.83. The van der Waals surface area contributed by atoms with Gasteiger partial charge in [0.15, 0.2) is 11.5 Å². The highest BCUT2D eigenvalue weighted by Crippen LogP contribution is 2.60. The zero-order valence-corrected chi connectivity index (χ0v) is 16.8. The number of amides is 1. The zero-order chi connectivity index (χ0) is 21.1. The molecule has 2 aromatic carbocycles. The minimum Gasteiger partial charge on any atom is -0.493 e. The smallest absolute Gasteiger partial charge is 0.243 e. The molecule has 1 saturated heterocycles. The number of nitrogens with zero attached hydrogens (tertiary/aromatic N) is 2. The Labute approximate surface area is 174 Å². The Bertz CT molecular complexity index is 966. The lowest BCUT2D eigenvalue weighted by Crippen LogP contribution is -2.44. The summed E-state index contributed by atoms with van der Waals surface area (Å²) in [6.45, 7) is 2.33. The van der Waals surface area contributed by atoms with Crippen LogP contribution in [0.2, 0.25) is 0 Å². The second-order valence-electron chi connectivity index (χ2n) is 7.57. The first-order valence-corrected chi connectivity index (χ1v) is 9.91. The number of hydrogen-bond acceptors (Lipinski definition) is 5. The molecule has 2 atom stereocenters. The van der Waals surface area contributed by atoms with E-state index >= 15 is 0 Å². The van der Waals surface area contributed by atoms with E-state index in [1.165, 1.54) is 12.1 Å². The molecule has 1 aliphatic heterocycles. The molecule has 2 fully saturated rings. The lowest BCUT2D eigenvalue weighted by Gasteiger charge is -2.29. The average Bonchev–Trinajstić information content (AvgIpc) is 3.55. The summed E-state index contributed by atoms with van der Waals surface area (Å²) >= 11 is 0. The van der Waals surface area contributed by atoms with Gasteiger partial charge >= 0.3 is 0 Å². The number of rotatable bonds is 6. The van der Waals surface area contributed by atoms with Crippen molar-refractivity contribution < 1.29 is 23.4 Å². The second-order valence-corrected chi connectivity index (χ2v) is 7.57. The molecule has 1 saturated carbocycles. The Morgan fingerprint density at radius 1 is 1.23 bits per heavy atom. The molecule has 6 nitrogen and oxygen atoms in total. The van der Waals surface area contributed by atoms with Gasteiger partial charge in [-0.25, -0.2) is 4.39 Å². The van der Waals surface area contributed by atoms with Crippen LogP contribution < -0.4 is 9.47 Å². The van der Waals surface area contributed by atoms with Crippen LogP contribution in [-0.4, -0.2) is 44.2 Å². The fraction of sp³-hybridized carbons (Fsp3) is 0.391. The third-order valence-corrected chi connectivity index (χ3v) is 5.74. The number of halogens is 1. The molecule has 0 N–H and O–H groups in total. The van der Waals surface area contributed by atoms with Crippen LogP contribution in [0.3, 0.4) is 0 Å². The van der Waals surface area contributed by atoms with Crippen molar-refractivity contribution >= 4 is 5.91 Å². The predicted molar refractivity (Wildman–Crippen MR) is 107 cm³/mol. The fourth-order valence-corrected chi connectivity index (χ4v) is 3.88. The van der Waals surface area contributed by atoms with E-state index in [9.17, 15) is 14.4 Å². The summed E-state index contributed by atoms with van der Waals surface area (Å²) in [4.78, 5) is 14.7. The van der Waals surface area contributed by atoms with E-state index in [2.05, 4.69) is 6.07 Å². The molecule has 30 heavy (non-hydrogen) atoms. The number of benzene rings is 2. The highest BCUT2D eigenvalue weighted by atomic mass is 19.1. The molecule has 2 aromatic rings. The number of ether oxygens (including phenoxy) is 3. The molecule has 0 aromatic heterocycles. The van der Waals surface area contributed by atoms with Crippen LogP contribution >= 0.6 is 0 Å². The molecule has 0 unspecified atom stereocenters. The molecule has 1 heterocycles. The first-order chi connectivity index (χ1) is 14.6. The van der Waals surface area contributed by atoms with E-state index in [0.29, 0.717) is 44.2 Å². The first-order valence-electron chi connectivity index (χ1n) is 9.91. The fourth-order valence-electron chi connectivity index (χ4n) is 3.88. The predicted octanol–water partition coefficient (Wildman–Crippen LogP) is 3.27. The molecular weight excluding hydrogens is 387 g/mol. The second kappa shape index (κ2) is 8.33. The SMILES string of the molecule is COc1cc([C@H]2C[C@@]2(C#N)C(=O)N2CCOCC2)ccc1OCc1ccc(F)cc1. The number of carbonyl (C=O) groups is 1. The van der Waals surface area contributed by atoms with Crippen LogP contribution in [0, 0.1) is 22.6 Å². The Kier molecular flexibility index (Phi) is 5.60. The topological polar surface area (TPSA) is 71.8 Å². The molecule has 1 aliphatic carbocycles. The zero-order valence-electron chi connectivity index (χ0n) is 16.8. The summed E-state index contributed by atoms with van der Waals surface area (Å²) in [5, 5.41) is 9.79. The van der Waals surface area contributed by atoms with E-state index in [0.717, 1.165) is 11.1 Å². The molecule has 0 radical (unpaired) electrons. The summed E-state index contributed by atoms with van der Waals surface area (Å²) < 4.78 is 29.7. The van der Waals surface area contributed by atoms with Gasteiger partial charge in [-0.1, -0.05) is 18.2 Å². The van der Waals surface area contributed by atoms with Gasteiger partial charge < -0.3 is 19.1 Å². The van der Waals surface area contributed by atoms with E-state index in [1.54, 1.807) is 30.2 Å². The monoisotopic (exact) mass is 410 g/mol. The van der Waals surface area contributed by atoms with E-state index in [-0.39, 0.29) is 24.2 Å². The van der Waals surface area contributed by atoms with Crippen LogP contribution in [0.15, 0.2) is 42.5 Å². The van der Waals surface area contributed by atoms with E-state index < -0.39 is 5.41 Å². The van der Waals surface area contributed by atoms with E-state index in [1.807, 2.05) is 12.1 Å². The Balaban J connectivity index is 1.48. The quantitative estimate of drug-likeness (QED) is 0.731. The molecule has 4 rings (SSSR count). The van der Waals surface area contributed by atoms with Crippen molar-refractivity contribution in [1.82, 2.24) is 4.90 Å². The lowest BCUT2D eigenvalue weighted by atomic mass is 9.98. The summed E-state index contributed by atoms with van der Waals surface area (Å²) in [7, 11) is 1.55. The van der Waals surface area contributed by atoms with Crippen molar-refractivity contribution in [2.24, 2.45) is 5.41 Å². The van der Waals surface area contributed by atoms with Gasteiger partial charge in [0.05, 0.1) is 26.4 Å². The van der Waals surface area contributed by atoms with Gasteiger partial charge in [-0.3, -0.25) is 4.79 Å². The van der Waals surface area contributed by atoms with Gasteiger partial charge in [0, 0.05) is 19.0 Å². The minimum absolute atomic E-state index is 0.117. The van der Waals surface area contributed by atoms with Crippen LogP contribution in [0.5, 0.6) is 11.5 Å². The van der Waals surface area contributed by atoms with Gasteiger partial charge in [0.25, 0.3) is 0 Å². The van der Waals surface area contributed by atoms with Crippen LogP contribution in [0.4, 0.5) is 4.39 Å². The number of carbonyl (C=O) groups excluding carboxylic acids is 1. The van der Waals surface area contributed by atoms with Crippen molar-refractivity contribution in [3.63, 3.8) is 0 Å². The van der Waals surface area contributed by atoms with Crippen molar-refractivity contribution in [1.29, 1.82) is 5.26 Å². The normalized spacial score (nSPS) is 22.8. The van der Waals surface area contributed by atoms with Gasteiger partial charge in [-0.05, 0) is 41.8 Å². The standard InChI is InChI=1S/C23H23FN2O4/c1-28-21-12-17(4-7-20(21)30-14-16-2-5-18(24)6-3-16)19-13-23(19,15-25)22(27)26-8-10-29-11-9-26/h2-7,12,19H,8-11,13-14H2,1H3/t19-,23+/m1/s1. The lowest BCUT2D eigenvalue weighted by molar-refractivity contribution is -0.139. The number of methoxy groups -OCH3 is 1. The molecule has 156 valence electrons. The van der Waals surface area contributed by atoms with Gasteiger partial charge in [0.2, 0.25) is 5.91 Å². The molecule has 0 spiro atoms. The molecule has 7 heteroatoms. The number of nitriles is 1. The maximum absolute atomic E-state index is 13.0. The van der Waals surface area contributed by atoms with Gasteiger partial charge in [-0.2, -0.15) is 5.26 Å². The Hall–Kier alpha value is -3.11. The Morgan fingerprint density at radius 2 is 1.97 bits per heavy atom. The number of hydrogen-bond donors (Lipinski definition) is 0. The first kappa shape index (κ1) is 20.2. The highest BCUT2D eigenvalue weighted by Gasteiger charge is 2.63. The largest absolute Gasteiger partial charge is 0.493 e. The van der Waals surface area contributed by atoms with Gasteiger partial charge in [-0.15, -0.1) is 0 Å². The molecular formula is C23H23FN2O4. The summed E-state index contributed by atoms with van der Waals surface area (Å²) in [6.07, 6.45) is 0.499. The minimum atomic E-state index is -1.02. The average molecular weight is 410 g/mol. The summed E-state index contributed by atoms with van der Waals surface area (Å²) in [6, 6.07) is 13.9. The molecule has 1 amide bonds. The van der Waals surface area contributed by atoms with Crippen LogP contribution in [0.1, 0.15) is 23.5 Å². The maximum Gasteiger partial charge on any atom is 0.243 e. The van der Waals surface area contributed by atoms with E-state index in [4.69, 9.17) is 14.2 Å². The van der Waals surface area contributed by atoms with Crippen molar-refractivity contribution in [2.75, 3.05) is 33.4 Å². The maximum atomic E-state index is 13.0. The van der Waals surface area contributed by atoms with Crippen molar-refractivity contribution in [3.05, 3.63) is 59.4 Å². The molecule has 2 aliphatic rings. The highest BCUT2D eigenvalue weighted by molar-refractivity contribution is 5.90. The Morgan fingerprint density at radius 3 is 2.63 bits per heavy atom. The summed E-state index contributed by atoms with van der Waals surface area (Å²) in [5.74, 6) is 0.505. The van der Waals surface area contributed by atoms with Gasteiger partial charge in [0.1, 0.15) is 17.8 Å². The third-order valence-electron chi connectivity index (χ3n) is 5.74. The summed E-state index contributed by atoms with van der Waals surface area (Å²) in [5.41, 5.74) is 0.701. The van der Waals surface area contributed by atoms with Crippen LogP contribution in [-0.2, 0) is 16.1 Å². The molecule has 0 bridgehead atoms. The van der Waals surface area contributed by atoms with Crippen molar-refractivity contribution in [3.8, 4) is 17.6 Å².